The molecule has 4 rings (SSSR count). The SMILES string of the molecule is COc1ccc(CC(=O)N2CC[C@@]3(C2)CN(c2cccc(F)c2)C(=O)CN3C)cc1. The first-order valence-electron chi connectivity index (χ1n) is 10.1. The van der Waals surface area contributed by atoms with Gasteiger partial charge in [0.05, 0.1) is 25.6 Å². The van der Waals surface area contributed by atoms with Gasteiger partial charge in [-0.1, -0.05) is 18.2 Å². The molecule has 0 aliphatic carbocycles. The molecule has 2 saturated heterocycles. The quantitative estimate of drug-likeness (QED) is 0.775. The number of likely N-dealkylation sites (tertiary alicyclic amines) is 1. The second-order valence-corrected chi connectivity index (χ2v) is 8.13. The van der Waals surface area contributed by atoms with Crippen LogP contribution in [0.3, 0.4) is 0 Å². The van der Waals surface area contributed by atoms with Crippen LogP contribution in [-0.2, 0) is 16.0 Å². The molecule has 1 atom stereocenters. The number of carbonyl (C=O) groups excluding carboxylic acids is 2. The predicted octanol–water partition coefficient (Wildman–Crippen LogP) is 2.33. The van der Waals surface area contributed by atoms with Gasteiger partial charge in [0.2, 0.25) is 11.8 Å². The third-order valence-electron chi connectivity index (χ3n) is 6.25. The van der Waals surface area contributed by atoms with Crippen molar-refractivity contribution in [3.63, 3.8) is 0 Å². The zero-order valence-electron chi connectivity index (χ0n) is 17.3. The molecule has 0 radical (unpaired) electrons. The van der Waals surface area contributed by atoms with Crippen LogP contribution in [0.5, 0.6) is 5.75 Å². The topological polar surface area (TPSA) is 53.1 Å². The summed E-state index contributed by atoms with van der Waals surface area (Å²) in [5.41, 5.74) is 1.18. The number of nitrogens with zero attached hydrogens (tertiary/aromatic N) is 3. The highest BCUT2D eigenvalue weighted by atomic mass is 19.1. The number of hydrogen-bond acceptors (Lipinski definition) is 4. The molecule has 7 heteroatoms. The summed E-state index contributed by atoms with van der Waals surface area (Å²) in [6.45, 7) is 1.89. The largest absolute Gasteiger partial charge is 0.497 e. The molecule has 2 aliphatic heterocycles. The first-order chi connectivity index (χ1) is 14.4. The van der Waals surface area contributed by atoms with Gasteiger partial charge in [-0.15, -0.1) is 0 Å². The lowest BCUT2D eigenvalue weighted by Crippen LogP contribution is -2.64. The number of benzene rings is 2. The van der Waals surface area contributed by atoms with Crippen molar-refractivity contribution >= 4 is 17.5 Å². The Morgan fingerprint density at radius 3 is 2.63 bits per heavy atom. The Morgan fingerprint density at radius 2 is 1.93 bits per heavy atom. The molecule has 158 valence electrons. The molecule has 2 fully saturated rings. The summed E-state index contributed by atoms with van der Waals surface area (Å²) >= 11 is 0. The third kappa shape index (κ3) is 3.89. The number of ether oxygens (including phenoxy) is 1. The van der Waals surface area contributed by atoms with E-state index in [2.05, 4.69) is 0 Å². The lowest BCUT2D eigenvalue weighted by molar-refractivity contribution is -0.130. The van der Waals surface area contributed by atoms with Crippen molar-refractivity contribution in [2.75, 3.05) is 45.2 Å². The monoisotopic (exact) mass is 411 g/mol. The number of halogens is 1. The highest BCUT2D eigenvalue weighted by Crippen LogP contribution is 2.34. The van der Waals surface area contributed by atoms with Crippen LogP contribution in [0.4, 0.5) is 10.1 Å². The maximum absolute atomic E-state index is 13.7. The molecule has 0 aromatic heterocycles. The minimum absolute atomic E-state index is 0.0586. The summed E-state index contributed by atoms with van der Waals surface area (Å²) in [4.78, 5) is 31.1. The van der Waals surface area contributed by atoms with Crippen LogP contribution in [0, 0.1) is 5.82 Å². The van der Waals surface area contributed by atoms with E-state index in [9.17, 15) is 14.0 Å². The second-order valence-electron chi connectivity index (χ2n) is 8.13. The molecule has 1 spiro atoms. The van der Waals surface area contributed by atoms with Gasteiger partial charge in [-0.25, -0.2) is 4.39 Å². The van der Waals surface area contributed by atoms with Gasteiger partial charge in [0.1, 0.15) is 11.6 Å². The molecular formula is C23H26FN3O3. The number of piperazine rings is 1. The summed E-state index contributed by atoms with van der Waals surface area (Å²) in [5.74, 6) is 0.407. The highest BCUT2D eigenvalue weighted by molar-refractivity contribution is 5.96. The van der Waals surface area contributed by atoms with Gasteiger partial charge in [0.25, 0.3) is 0 Å². The van der Waals surface area contributed by atoms with Gasteiger partial charge in [0.15, 0.2) is 0 Å². The van der Waals surface area contributed by atoms with Crippen molar-refractivity contribution in [3.05, 3.63) is 59.9 Å². The fourth-order valence-corrected chi connectivity index (χ4v) is 4.38. The van der Waals surface area contributed by atoms with E-state index in [0.717, 1.165) is 17.7 Å². The van der Waals surface area contributed by atoms with E-state index in [4.69, 9.17) is 4.74 Å². The molecular weight excluding hydrogens is 385 g/mol. The molecule has 0 N–H and O–H groups in total. The van der Waals surface area contributed by atoms with Crippen LogP contribution < -0.4 is 9.64 Å². The average molecular weight is 411 g/mol. The van der Waals surface area contributed by atoms with Gasteiger partial charge in [-0.3, -0.25) is 14.5 Å². The molecule has 2 aliphatic rings. The molecule has 0 saturated carbocycles. The van der Waals surface area contributed by atoms with Crippen molar-refractivity contribution in [3.8, 4) is 5.75 Å². The van der Waals surface area contributed by atoms with Crippen LogP contribution in [0.15, 0.2) is 48.5 Å². The van der Waals surface area contributed by atoms with E-state index in [1.54, 1.807) is 24.1 Å². The summed E-state index contributed by atoms with van der Waals surface area (Å²) in [5, 5.41) is 0. The fourth-order valence-electron chi connectivity index (χ4n) is 4.38. The number of rotatable bonds is 4. The summed E-state index contributed by atoms with van der Waals surface area (Å²) in [7, 11) is 3.54. The smallest absolute Gasteiger partial charge is 0.241 e. The average Bonchev–Trinajstić information content (AvgIpc) is 3.17. The Bertz CT molecular complexity index is 949. The molecule has 0 bridgehead atoms. The third-order valence-corrected chi connectivity index (χ3v) is 6.25. The highest BCUT2D eigenvalue weighted by Gasteiger charge is 2.48. The maximum Gasteiger partial charge on any atom is 0.241 e. The van der Waals surface area contributed by atoms with E-state index in [-0.39, 0.29) is 29.7 Å². The zero-order chi connectivity index (χ0) is 21.3. The van der Waals surface area contributed by atoms with E-state index < -0.39 is 0 Å². The van der Waals surface area contributed by atoms with E-state index in [1.165, 1.54) is 12.1 Å². The Labute approximate surface area is 175 Å². The van der Waals surface area contributed by atoms with Crippen LogP contribution in [-0.4, -0.2) is 67.5 Å². The Hall–Kier alpha value is -2.93. The Kier molecular flexibility index (Phi) is 5.47. The van der Waals surface area contributed by atoms with Crippen LogP contribution in [0.1, 0.15) is 12.0 Å². The van der Waals surface area contributed by atoms with Crippen molar-refractivity contribution < 1.29 is 18.7 Å². The molecule has 2 heterocycles. The number of likely N-dealkylation sites (N-methyl/N-ethyl adjacent to an activating group) is 1. The zero-order valence-corrected chi connectivity index (χ0v) is 17.3. The first kappa shape index (κ1) is 20.3. The first-order valence-corrected chi connectivity index (χ1v) is 10.1. The molecule has 6 nitrogen and oxygen atoms in total. The second kappa shape index (κ2) is 8.07. The molecule has 30 heavy (non-hydrogen) atoms. The number of hydrogen-bond donors (Lipinski definition) is 0. The number of anilines is 1. The summed E-state index contributed by atoms with van der Waals surface area (Å²) in [6.07, 6.45) is 1.10. The lowest BCUT2D eigenvalue weighted by atomic mass is 9.92. The van der Waals surface area contributed by atoms with Crippen molar-refractivity contribution in [2.24, 2.45) is 0 Å². The molecule has 2 aromatic carbocycles. The van der Waals surface area contributed by atoms with E-state index >= 15 is 0 Å². The van der Waals surface area contributed by atoms with Gasteiger partial charge >= 0.3 is 0 Å². The van der Waals surface area contributed by atoms with Crippen molar-refractivity contribution in [1.82, 2.24) is 9.80 Å². The van der Waals surface area contributed by atoms with Crippen LogP contribution in [0.2, 0.25) is 0 Å². The predicted molar refractivity (Wildman–Crippen MR) is 112 cm³/mol. The Morgan fingerprint density at radius 1 is 1.17 bits per heavy atom. The van der Waals surface area contributed by atoms with Gasteiger partial charge in [-0.05, 0) is 49.4 Å². The summed E-state index contributed by atoms with van der Waals surface area (Å²) in [6, 6.07) is 13.6. The molecule has 2 amide bonds. The van der Waals surface area contributed by atoms with E-state index in [1.807, 2.05) is 41.1 Å². The Balaban J connectivity index is 1.47. The molecule has 0 unspecified atom stereocenters. The minimum Gasteiger partial charge on any atom is -0.497 e. The normalized spacial score (nSPS) is 22.0. The number of amides is 2. The minimum atomic E-state index is -0.365. The lowest BCUT2D eigenvalue weighted by Gasteiger charge is -2.46. The van der Waals surface area contributed by atoms with Gasteiger partial charge in [0, 0.05) is 25.3 Å². The molecule has 2 aromatic rings. The van der Waals surface area contributed by atoms with Gasteiger partial charge < -0.3 is 14.5 Å². The fraction of sp³-hybridized carbons (Fsp3) is 0.391. The summed E-state index contributed by atoms with van der Waals surface area (Å²) < 4.78 is 18.9. The number of methoxy groups -OCH3 is 1. The maximum atomic E-state index is 13.7. The van der Waals surface area contributed by atoms with Crippen LogP contribution in [0.25, 0.3) is 0 Å². The van der Waals surface area contributed by atoms with Gasteiger partial charge in [-0.2, -0.15) is 0 Å². The van der Waals surface area contributed by atoms with E-state index in [0.29, 0.717) is 31.7 Å². The standard InChI is InChI=1S/C23H26FN3O3/c1-25-14-22(29)27(19-5-3-4-18(24)13-19)16-23(25)10-11-26(15-23)21(28)12-17-6-8-20(30-2)9-7-17/h3-9,13H,10-12,14-16H2,1-2H3/t23-/m1/s1. The van der Waals surface area contributed by atoms with Crippen LogP contribution >= 0.6 is 0 Å². The number of carbonyl (C=O) groups is 2. The van der Waals surface area contributed by atoms with Crippen molar-refractivity contribution in [2.45, 2.75) is 18.4 Å². The van der Waals surface area contributed by atoms with Crippen molar-refractivity contribution in [1.29, 1.82) is 0 Å².